The van der Waals surface area contributed by atoms with Crippen molar-refractivity contribution in [2.75, 3.05) is 0 Å². The first-order chi connectivity index (χ1) is 11.1. The van der Waals surface area contributed by atoms with E-state index in [0.717, 1.165) is 11.3 Å². The molecule has 23 heavy (non-hydrogen) atoms. The molecule has 0 amide bonds. The third-order valence-electron chi connectivity index (χ3n) is 3.52. The summed E-state index contributed by atoms with van der Waals surface area (Å²) in [7, 11) is 0. The van der Waals surface area contributed by atoms with Crippen LogP contribution in [0.2, 0.25) is 0 Å². The number of oxime groups is 1. The van der Waals surface area contributed by atoms with Crippen LogP contribution < -0.4 is 5.49 Å². The largest absolute Gasteiger partial charge is 0.382 e. The SMILES string of the molecule is CC(C)N=c1ccccn1C(=O)C1CC(c2ccccc2)=NO1. The number of carbonyl (C=O) groups is 1. The lowest BCUT2D eigenvalue weighted by Crippen LogP contribution is -2.35. The first-order valence-electron chi connectivity index (χ1n) is 7.69. The quantitative estimate of drug-likeness (QED) is 0.875. The van der Waals surface area contributed by atoms with E-state index in [0.29, 0.717) is 11.9 Å². The van der Waals surface area contributed by atoms with Crippen molar-refractivity contribution in [3.63, 3.8) is 0 Å². The van der Waals surface area contributed by atoms with Gasteiger partial charge >= 0.3 is 0 Å². The zero-order chi connectivity index (χ0) is 16.2. The van der Waals surface area contributed by atoms with Gasteiger partial charge in [0.05, 0.1) is 5.71 Å². The molecule has 0 radical (unpaired) electrons. The molecule has 1 atom stereocenters. The third-order valence-corrected chi connectivity index (χ3v) is 3.52. The fourth-order valence-corrected chi connectivity index (χ4v) is 2.46. The van der Waals surface area contributed by atoms with Crippen LogP contribution in [-0.2, 0) is 4.84 Å². The average molecular weight is 309 g/mol. The molecule has 3 rings (SSSR count). The van der Waals surface area contributed by atoms with Crippen molar-refractivity contribution >= 4 is 11.6 Å². The number of carbonyl (C=O) groups excluding carboxylic acids is 1. The molecule has 118 valence electrons. The van der Waals surface area contributed by atoms with Crippen LogP contribution in [0.15, 0.2) is 64.9 Å². The fraction of sp³-hybridized carbons (Fsp3) is 0.278. The summed E-state index contributed by atoms with van der Waals surface area (Å²) in [5.41, 5.74) is 2.40. The lowest BCUT2D eigenvalue weighted by molar-refractivity contribution is 0.0465. The molecular formula is C18H19N3O2. The number of rotatable bonds is 3. The Balaban J connectivity index is 1.82. The lowest BCUT2D eigenvalue weighted by Gasteiger charge is -2.11. The number of hydrogen-bond donors (Lipinski definition) is 0. The molecule has 0 bridgehead atoms. The molecule has 0 saturated heterocycles. The Morgan fingerprint density at radius 1 is 1.22 bits per heavy atom. The summed E-state index contributed by atoms with van der Waals surface area (Å²) in [4.78, 5) is 22.6. The Bertz CT molecular complexity index is 791. The summed E-state index contributed by atoms with van der Waals surface area (Å²) in [6.07, 6.45) is 1.57. The van der Waals surface area contributed by atoms with E-state index in [-0.39, 0.29) is 11.9 Å². The van der Waals surface area contributed by atoms with E-state index in [4.69, 9.17) is 4.84 Å². The first-order valence-corrected chi connectivity index (χ1v) is 7.69. The maximum Gasteiger partial charge on any atom is 0.276 e. The summed E-state index contributed by atoms with van der Waals surface area (Å²) >= 11 is 0. The topological polar surface area (TPSA) is 56.0 Å². The van der Waals surface area contributed by atoms with Gasteiger partial charge in [-0.1, -0.05) is 41.6 Å². The van der Waals surface area contributed by atoms with Crippen molar-refractivity contribution in [2.24, 2.45) is 10.1 Å². The monoisotopic (exact) mass is 309 g/mol. The van der Waals surface area contributed by atoms with Gasteiger partial charge in [-0.2, -0.15) is 0 Å². The first kappa shape index (κ1) is 15.2. The highest BCUT2D eigenvalue weighted by Crippen LogP contribution is 2.17. The second-order valence-electron chi connectivity index (χ2n) is 5.69. The van der Waals surface area contributed by atoms with Crippen LogP contribution in [0.3, 0.4) is 0 Å². The van der Waals surface area contributed by atoms with E-state index in [1.807, 2.05) is 62.4 Å². The minimum absolute atomic E-state index is 0.108. The highest BCUT2D eigenvalue weighted by atomic mass is 16.6. The smallest absolute Gasteiger partial charge is 0.276 e. The Labute approximate surface area is 134 Å². The Hall–Kier alpha value is -2.69. The predicted octanol–water partition coefficient (Wildman–Crippen LogP) is 2.63. The molecule has 0 spiro atoms. The molecule has 0 saturated carbocycles. The van der Waals surface area contributed by atoms with Crippen molar-refractivity contribution < 1.29 is 9.63 Å². The number of hydrogen-bond acceptors (Lipinski definition) is 4. The molecule has 1 aliphatic heterocycles. The summed E-state index contributed by atoms with van der Waals surface area (Å²) in [5.74, 6) is -0.153. The van der Waals surface area contributed by atoms with Crippen molar-refractivity contribution in [3.8, 4) is 0 Å². The standard InChI is InChI=1S/C18H19N3O2/c1-13(2)19-17-10-6-7-11-21(17)18(22)16-12-15(20-23-16)14-8-4-3-5-9-14/h3-11,13,16H,12H2,1-2H3. The fourth-order valence-electron chi connectivity index (χ4n) is 2.46. The van der Waals surface area contributed by atoms with Crippen molar-refractivity contribution in [3.05, 3.63) is 65.8 Å². The van der Waals surface area contributed by atoms with Gasteiger partial charge in [0.25, 0.3) is 5.91 Å². The Morgan fingerprint density at radius 2 is 1.96 bits per heavy atom. The normalized spacial score (nSPS) is 18.0. The molecule has 0 N–H and O–H groups in total. The zero-order valence-electron chi connectivity index (χ0n) is 13.2. The Morgan fingerprint density at radius 3 is 2.70 bits per heavy atom. The van der Waals surface area contributed by atoms with Crippen molar-refractivity contribution in [2.45, 2.75) is 32.4 Å². The second-order valence-corrected chi connectivity index (χ2v) is 5.69. The highest BCUT2D eigenvalue weighted by molar-refractivity contribution is 6.04. The van der Waals surface area contributed by atoms with Crippen LogP contribution >= 0.6 is 0 Å². The van der Waals surface area contributed by atoms with Gasteiger partial charge in [-0.05, 0) is 31.5 Å². The summed E-state index contributed by atoms with van der Waals surface area (Å²) in [5, 5.41) is 4.08. The highest BCUT2D eigenvalue weighted by Gasteiger charge is 2.30. The minimum atomic E-state index is -0.612. The van der Waals surface area contributed by atoms with E-state index in [9.17, 15) is 4.79 Å². The van der Waals surface area contributed by atoms with E-state index in [2.05, 4.69) is 10.1 Å². The van der Waals surface area contributed by atoms with E-state index >= 15 is 0 Å². The molecule has 1 unspecified atom stereocenters. The van der Waals surface area contributed by atoms with Gasteiger partial charge in [0, 0.05) is 18.7 Å². The molecule has 1 aromatic carbocycles. The van der Waals surface area contributed by atoms with E-state index < -0.39 is 6.10 Å². The molecule has 2 aromatic rings. The molecule has 1 aliphatic rings. The number of benzene rings is 1. The number of aromatic nitrogens is 1. The third kappa shape index (κ3) is 3.39. The van der Waals surface area contributed by atoms with Crippen LogP contribution in [-0.4, -0.2) is 28.3 Å². The predicted molar refractivity (Wildman–Crippen MR) is 88.2 cm³/mol. The number of nitrogens with zero attached hydrogens (tertiary/aromatic N) is 3. The zero-order valence-corrected chi connectivity index (χ0v) is 13.2. The average Bonchev–Trinajstić information content (AvgIpc) is 3.05. The molecule has 0 aliphatic carbocycles. The van der Waals surface area contributed by atoms with Gasteiger partial charge in [0.2, 0.25) is 6.10 Å². The van der Waals surface area contributed by atoms with Crippen LogP contribution in [0.1, 0.15) is 30.6 Å². The van der Waals surface area contributed by atoms with Crippen LogP contribution in [0, 0.1) is 0 Å². The second kappa shape index (κ2) is 6.60. The minimum Gasteiger partial charge on any atom is -0.382 e. The van der Waals surface area contributed by atoms with Crippen LogP contribution in [0.25, 0.3) is 0 Å². The van der Waals surface area contributed by atoms with Gasteiger partial charge in [0.15, 0.2) is 0 Å². The van der Waals surface area contributed by atoms with Crippen LogP contribution in [0.4, 0.5) is 0 Å². The lowest BCUT2D eigenvalue weighted by atomic mass is 10.0. The molecule has 1 aromatic heterocycles. The van der Waals surface area contributed by atoms with Crippen molar-refractivity contribution in [1.29, 1.82) is 0 Å². The van der Waals surface area contributed by atoms with Gasteiger partial charge in [-0.15, -0.1) is 0 Å². The molecule has 5 heteroatoms. The van der Waals surface area contributed by atoms with Gasteiger partial charge in [0.1, 0.15) is 5.49 Å². The van der Waals surface area contributed by atoms with E-state index in [1.165, 1.54) is 4.57 Å². The maximum atomic E-state index is 12.7. The number of pyridine rings is 1. The summed E-state index contributed by atoms with van der Waals surface area (Å²) in [6, 6.07) is 15.4. The van der Waals surface area contributed by atoms with Crippen molar-refractivity contribution in [1.82, 2.24) is 4.57 Å². The van der Waals surface area contributed by atoms with Crippen LogP contribution in [0.5, 0.6) is 0 Å². The van der Waals surface area contributed by atoms with Gasteiger partial charge in [-0.3, -0.25) is 14.4 Å². The van der Waals surface area contributed by atoms with E-state index in [1.54, 1.807) is 6.20 Å². The summed E-state index contributed by atoms with van der Waals surface area (Å²) in [6.45, 7) is 3.95. The van der Waals surface area contributed by atoms with Gasteiger partial charge < -0.3 is 4.84 Å². The molecule has 5 nitrogen and oxygen atoms in total. The molecule has 2 heterocycles. The maximum absolute atomic E-state index is 12.7. The molecular weight excluding hydrogens is 290 g/mol. The Kier molecular flexibility index (Phi) is 4.37. The molecule has 0 fully saturated rings. The summed E-state index contributed by atoms with van der Waals surface area (Å²) < 4.78 is 1.54. The van der Waals surface area contributed by atoms with Gasteiger partial charge in [-0.25, -0.2) is 0 Å².